The van der Waals surface area contributed by atoms with Crippen LogP contribution >= 0.6 is 0 Å². The third-order valence-electron chi connectivity index (χ3n) is 2.11. The van der Waals surface area contributed by atoms with E-state index in [1.165, 1.54) is 0 Å². The Kier molecular flexibility index (Phi) is 1.86. The Balaban J connectivity index is 2.00. The molecule has 0 aromatic carbocycles. The van der Waals surface area contributed by atoms with Crippen molar-refractivity contribution in [3.63, 3.8) is 0 Å². The van der Waals surface area contributed by atoms with Crippen LogP contribution in [0.15, 0.2) is 33.4 Å². The van der Waals surface area contributed by atoms with E-state index in [4.69, 9.17) is 8.94 Å². The van der Waals surface area contributed by atoms with Crippen LogP contribution < -0.4 is 0 Å². The largest absolute Gasteiger partial charge is 0.463 e. The first kappa shape index (κ1) is 8.90. The summed E-state index contributed by atoms with van der Waals surface area (Å²) in [5, 5.41) is 10.6. The van der Waals surface area contributed by atoms with Gasteiger partial charge in [0.05, 0.1) is 6.26 Å². The van der Waals surface area contributed by atoms with Crippen molar-refractivity contribution in [2.45, 2.75) is 6.92 Å². The predicted octanol–water partition coefficient (Wildman–Crippen LogP) is 2.03. The number of rotatable bonds is 2. The number of nitrogens with one attached hydrogen (secondary N) is 1. The quantitative estimate of drug-likeness (QED) is 0.708. The molecule has 3 aromatic heterocycles. The van der Waals surface area contributed by atoms with Gasteiger partial charge in [-0.15, -0.1) is 0 Å². The minimum absolute atomic E-state index is 0.419. The molecule has 0 aliphatic heterocycles. The Morgan fingerprint density at radius 1 is 1.38 bits per heavy atom. The topological polar surface area (TPSA) is 80.7 Å². The summed E-state index contributed by atoms with van der Waals surface area (Å²) < 4.78 is 10.2. The Hall–Kier alpha value is -2.37. The highest BCUT2D eigenvalue weighted by atomic mass is 16.5. The summed E-state index contributed by atoms with van der Waals surface area (Å²) in [5.41, 5.74) is 1.38. The van der Waals surface area contributed by atoms with E-state index in [9.17, 15) is 0 Å². The summed E-state index contributed by atoms with van der Waals surface area (Å²) in [5.74, 6) is 1.70. The van der Waals surface area contributed by atoms with Gasteiger partial charge in [0, 0.05) is 6.07 Å². The molecule has 0 saturated heterocycles. The van der Waals surface area contributed by atoms with Gasteiger partial charge in [-0.3, -0.25) is 5.10 Å². The van der Waals surface area contributed by atoms with Gasteiger partial charge in [-0.05, 0) is 19.1 Å². The molecule has 0 unspecified atom stereocenters. The lowest BCUT2D eigenvalue weighted by molar-refractivity contribution is 0.424. The van der Waals surface area contributed by atoms with Crippen LogP contribution in [0.2, 0.25) is 0 Å². The molecule has 0 bridgehead atoms. The highest BCUT2D eigenvalue weighted by Crippen LogP contribution is 2.22. The maximum absolute atomic E-state index is 5.22. The summed E-state index contributed by atoms with van der Waals surface area (Å²) >= 11 is 0. The summed E-state index contributed by atoms with van der Waals surface area (Å²) in [6.07, 6.45) is 1.60. The second-order valence-electron chi connectivity index (χ2n) is 3.29. The number of aryl methyl sites for hydroxylation is 1. The standard InChI is InChI=1S/C10H8N4O2/c1-6-11-10(16-14-6)8-5-7(12-13-8)9-3-2-4-15-9/h2-5H,1H3,(H,12,13). The lowest BCUT2D eigenvalue weighted by atomic mass is 10.3. The van der Waals surface area contributed by atoms with Gasteiger partial charge in [0.2, 0.25) is 0 Å². The van der Waals surface area contributed by atoms with E-state index in [0.29, 0.717) is 28.9 Å². The van der Waals surface area contributed by atoms with E-state index < -0.39 is 0 Å². The molecule has 1 N–H and O–H groups in total. The van der Waals surface area contributed by atoms with Gasteiger partial charge >= 0.3 is 0 Å². The number of H-pyrrole nitrogens is 1. The summed E-state index contributed by atoms with van der Waals surface area (Å²) in [4.78, 5) is 4.10. The number of furan rings is 1. The van der Waals surface area contributed by atoms with Gasteiger partial charge in [0.25, 0.3) is 5.89 Å². The fraction of sp³-hybridized carbons (Fsp3) is 0.100. The molecule has 3 heterocycles. The summed E-state index contributed by atoms with van der Waals surface area (Å²) in [6, 6.07) is 5.44. The van der Waals surface area contributed by atoms with Crippen LogP contribution in [0.1, 0.15) is 5.82 Å². The van der Waals surface area contributed by atoms with Crippen LogP contribution in [-0.4, -0.2) is 20.3 Å². The molecule has 0 spiro atoms. The smallest absolute Gasteiger partial charge is 0.275 e. The normalized spacial score (nSPS) is 10.8. The number of hydrogen-bond donors (Lipinski definition) is 1. The molecule has 80 valence electrons. The SMILES string of the molecule is Cc1noc(-c2cc(-c3ccco3)n[nH]2)n1. The van der Waals surface area contributed by atoms with Crippen molar-refractivity contribution < 1.29 is 8.94 Å². The Morgan fingerprint density at radius 3 is 3.00 bits per heavy atom. The number of aromatic amines is 1. The van der Waals surface area contributed by atoms with Gasteiger partial charge < -0.3 is 8.94 Å². The molecule has 0 saturated carbocycles. The number of hydrogen-bond acceptors (Lipinski definition) is 5. The van der Waals surface area contributed by atoms with Crippen molar-refractivity contribution in [2.24, 2.45) is 0 Å². The van der Waals surface area contributed by atoms with Crippen LogP contribution in [0, 0.1) is 6.92 Å². The zero-order valence-electron chi connectivity index (χ0n) is 8.47. The minimum atomic E-state index is 0.419. The lowest BCUT2D eigenvalue weighted by Gasteiger charge is -1.84. The first-order valence-corrected chi connectivity index (χ1v) is 4.73. The molecule has 0 fully saturated rings. The van der Waals surface area contributed by atoms with Crippen molar-refractivity contribution >= 4 is 0 Å². The van der Waals surface area contributed by atoms with E-state index in [1.54, 1.807) is 25.3 Å². The highest BCUT2D eigenvalue weighted by molar-refractivity contribution is 5.59. The van der Waals surface area contributed by atoms with Crippen LogP contribution in [0.4, 0.5) is 0 Å². The second kappa shape index (κ2) is 3.34. The summed E-state index contributed by atoms with van der Waals surface area (Å²) in [7, 11) is 0. The van der Waals surface area contributed by atoms with E-state index >= 15 is 0 Å². The zero-order chi connectivity index (χ0) is 11.0. The maximum atomic E-state index is 5.22. The zero-order valence-corrected chi connectivity index (χ0v) is 8.47. The molecule has 6 nitrogen and oxygen atoms in total. The van der Waals surface area contributed by atoms with Crippen molar-refractivity contribution in [1.29, 1.82) is 0 Å². The molecular weight excluding hydrogens is 208 g/mol. The molecule has 0 radical (unpaired) electrons. The van der Waals surface area contributed by atoms with Gasteiger partial charge in [-0.25, -0.2) is 0 Å². The minimum Gasteiger partial charge on any atom is -0.463 e. The fourth-order valence-electron chi connectivity index (χ4n) is 1.39. The number of nitrogens with zero attached hydrogens (tertiary/aromatic N) is 3. The summed E-state index contributed by atoms with van der Waals surface area (Å²) in [6.45, 7) is 1.76. The lowest BCUT2D eigenvalue weighted by Crippen LogP contribution is -1.77. The molecule has 16 heavy (non-hydrogen) atoms. The third kappa shape index (κ3) is 1.40. The first-order chi connectivity index (χ1) is 7.83. The van der Waals surface area contributed by atoms with E-state index in [2.05, 4.69) is 20.3 Å². The Bertz CT molecular complexity index is 594. The first-order valence-electron chi connectivity index (χ1n) is 4.73. The Labute approximate surface area is 90.3 Å². The van der Waals surface area contributed by atoms with Crippen LogP contribution in [0.5, 0.6) is 0 Å². The molecule has 0 aliphatic carbocycles. The monoisotopic (exact) mass is 216 g/mol. The Morgan fingerprint density at radius 2 is 2.31 bits per heavy atom. The molecule has 3 rings (SSSR count). The fourth-order valence-corrected chi connectivity index (χ4v) is 1.39. The van der Waals surface area contributed by atoms with Gasteiger partial charge in [0.1, 0.15) is 11.4 Å². The molecular formula is C10H8N4O2. The van der Waals surface area contributed by atoms with Crippen LogP contribution in [0.25, 0.3) is 23.0 Å². The van der Waals surface area contributed by atoms with Crippen molar-refractivity contribution in [3.05, 3.63) is 30.3 Å². The number of aromatic nitrogens is 4. The van der Waals surface area contributed by atoms with E-state index in [-0.39, 0.29) is 0 Å². The third-order valence-corrected chi connectivity index (χ3v) is 2.11. The predicted molar refractivity (Wildman–Crippen MR) is 54.3 cm³/mol. The molecule has 6 heteroatoms. The van der Waals surface area contributed by atoms with Crippen LogP contribution in [0.3, 0.4) is 0 Å². The molecule has 3 aromatic rings. The van der Waals surface area contributed by atoms with Crippen molar-refractivity contribution in [1.82, 2.24) is 20.3 Å². The van der Waals surface area contributed by atoms with E-state index in [0.717, 1.165) is 0 Å². The highest BCUT2D eigenvalue weighted by Gasteiger charge is 2.12. The van der Waals surface area contributed by atoms with Gasteiger partial charge in [-0.1, -0.05) is 5.16 Å². The van der Waals surface area contributed by atoms with Crippen LogP contribution in [-0.2, 0) is 0 Å². The average molecular weight is 216 g/mol. The van der Waals surface area contributed by atoms with Gasteiger partial charge in [-0.2, -0.15) is 10.1 Å². The average Bonchev–Trinajstić information content (AvgIpc) is 2.97. The molecule has 0 aliphatic rings. The van der Waals surface area contributed by atoms with Crippen molar-refractivity contribution in [2.75, 3.05) is 0 Å². The second-order valence-corrected chi connectivity index (χ2v) is 3.29. The van der Waals surface area contributed by atoms with Gasteiger partial charge in [0.15, 0.2) is 11.6 Å². The van der Waals surface area contributed by atoms with Crippen molar-refractivity contribution in [3.8, 4) is 23.0 Å². The van der Waals surface area contributed by atoms with E-state index in [1.807, 2.05) is 6.07 Å². The maximum Gasteiger partial charge on any atom is 0.275 e. The molecule has 0 atom stereocenters. The molecule has 0 amide bonds.